The molecule has 0 radical (unpaired) electrons. The van der Waals surface area contributed by atoms with Crippen molar-refractivity contribution in [3.05, 3.63) is 48.5 Å². The molecule has 1 aromatic carbocycles. The first-order valence-electron chi connectivity index (χ1n) is 9.86. The number of carbonyl (C=O) groups is 1. The number of hydrogen-bond acceptors (Lipinski definition) is 4. The first kappa shape index (κ1) is 22.1. The number of nitrogens with one attached hydrogen (secondary N) is 1. The number of amides is 2. The third-order valence-electron chi connectivity index (χ3n) is 4.82. The van der Waals surface area contributed by atoms with Gasteiger partial charge < -0.3 is 19.5 Å². The zero-order chi connectivity index (χ0) is 21.4. The normalized spacial score (nSPS) is 15.4. The first-order valence-corrected chi connectivity index (χ1v) is 9.86. The van der Waals surface area contributed by atoms with Gasteiger partial charge in [0.1, 0.15) is 6.61 Å². The maximum atomic E-state index is 12.5. The van der Waals surface area contributed by atoms with Crippen LogP contribution in [0.4, 0.5) is 23.7 Å². The SMILES string of the molecule is O=C(Nc1ccc(Cn2ccnc2)cc1)N1CCN(CCCOCC(F)(F)F)CC1. The standard InChI is InChI=1S/C20H26F3N5O2/c21-20(22,23)15-30-13-1-7-26-9-11-28(12-10-26)19(29)25-18-4-2-17(3-5-18)14-27-8-6-24-16-27/h2-6,8,16H,1,7,9-15H2,(H,25,29). The van der Waals surface area contributed by atoms with Crippen LogP contribution in [0.25, 0.3) is 0 Å². The molecule has 30 heavy (non-hydrogen) atoms. The molecule has 2 heterocycles. The summed E-state index contributed by atoms with van der Waals surface area (Å²) in [6.07, 6.45) is 1.64. The number of imidazole rings is 1. The Morgan fingerprint density at radius 1 is 1.13 bits per heavy atom. The maximum Gasteiger partial charge on any atom is 0.411 e. The fourth-order valence-electron chi connectivity index (χ4n) is 3.24. The fourth-order valence-corrected chi connectivity index (χ4v) is 3.24. The second kappa shape index (κ2) is 10.4. The number of urea groups is 1. The highest BCUT2D eigenvalue weighted by Crippen LogP contribution is 2.15. The molecule has 0 unspecified atom stereocenters. The molecule has 7 nitrogen and oxygen atoms in total. The Labute approximate surface area is 173 Å². The summed E-state index contributed by atoms with van der Waals surface area (Å²) in [5, 5.41) is 2.91. The number of nitrogens with zero attached hydrogens (tertiary/aromatic N) is 4. The van der Waals surface area contributed by atoms with Gasteiger partial charge in [0.05, 0.1) is 6.33 Å². The number of hydrogen-bond donors (Lipinski definition) is 1. The maximum absolute atomic E-state index is 12.5. The molecule has 1 aliphatic rings. The Kier molecular flexibility index (Phi) is 7.69. The lowest BCUT2D eigenvalue weighted by molar-refractivity contribution is -0.174. The summed E-state index contributed by atoms with van der Waals surface area (Å²) in [7, 11) is 0. The summed E-state index contributed by atoms with van der Waals surface area (Å²) in [5.41, 5.74) is 1.84. The monoisotopic (exact) mass is 425 g/mol. The molecule has 0 saturated carbocycles. The number of halogens is 3. The van der Waals surface area contributed by atoms with E-state index in [1.165, 1.54) is 0 Å². The minimum Gasteiger partial charge on any atom is -0.372 e. The summed E-state index contributed by atoms with van der Waals surface area (Å²) in [4.78, 5) is 20.4. The predicted octanol–water partition coefficient (Wildman–Crippen LogP) is 3.05. The van der Waals surface area contributed by atoms with E-state index in [1.54, 1.807) is 17.4 Å². The number of piperazine rings is 1. The largest absolute Gasteiger partial charge is 0.411 e. The van der Waals surface area contributed by atoms with Gasteiger partial charge in [-0.2, -0.15) is 13.2 Å². The Morgan fingerprint density at radius 2 is 1.87 bits per heavy atom. The van der Waals surface area contributed by atoms with Crippen molar-refractivity contribution in [3.8, 4) is 0 Å². The minimum absolute atomic E-state index is 0.0804. The highest BCUT2D eigenvalue weighted by atomic mass is 19.4. The third kappa shape index (κ3) is 7.34. The van der Waals surface area contributed by atoms with Crippen LogP contribution in [0.15, 0.2) is 43.0 Å². The first-order chi connectivity index (χ1) is 14.4. The van der Waals surface area contributed by atoms with Gasteiger partial charge in [-0.05, 0) is 24.1 Å². The van der Waals surface area contributed by atoms with Crippen LogP contribution in [0, 0.1) is 0 Å². The van der Waals surface area contributed by atoms with E-state index in [-0.39, 0.29) is 12.6 Å². The van der Waals surface area contributed by atoms with Gasteiger partial charge in [0.15, 0.2) is 0 Å². The number of carbonyl (C=O) groups excluding carboxylic acids is 1. The summed E-state index contributed by atoms with van der Waals surface area (Å²) in [6, 6.07) is 7.54. The molecule has 1 aliphatic heterocycles. The number of alkyl halides is 3. The van der Waals surface area contributed by atoms with Crippen molar-refractivity contribution in [2.45, 2.75) is 19.1 Å². The summed E-state index contributed by atoms with van der Waals surface area (Å²) in [5.74, 6) is 0. The van der Waals surface area contributed by atoms with E-state index in [2.05, 4.69) is 19.9 Å². The lowest BCUT2D eigenvalue weighted by atomic mass is 10.2. The van der Waals surface area contributed by atoms with Crippen molar-refractivity contribution in [1.29, 1.82) is 0 Å². The summed E-state index contributed by atoms with van der Waals surface area (Å²) < 4.78 is 42.7. The number of aromatic nitrogens is 2. The molecule has 10 heteroatoms. The molecular weight excluding hydrogens is 399 g/mol. The number of benzene rings is 1. The topological polar surface area (TPSA) is 62.6 Å². The molecule has 1 N–H and O–H groups in total. The molecule has 1 saturated heterocycles. The Bertz CT molecular complexity index is 773. The van der Waals surface area contributed by atoms with Crippen LogP contribution in [-0.4, -0.2) is 77.5 Å². The molecule has 0 bridgehead atoms. The lowest BCUT2D eigenvalue weighted by Gasteiger charge is -2.34. The van der Waals surface area contributed by atoms with Crippen LogP contribution in [-0.2, 0) is 11.3 Å². The van der Waals surface area contributed by atoms with Crippen LogP contribution in [0.2, 0.25) is 0 Å². The van der Waals surface area contributed by atoms with Crippen molar-refractivity contribution in [2.24, 2.45) is 0 Å². The van der Waals surface area contributed by atoms with Gasteiger partial charge >= 0.3 is 12.2 Å². The van der Waals surface area contributed by atoms with E-state index < -0.39 is 12.8 Å². The number of anilines is 1. The molecule has 1 fully saturated rings. The number of ether oxygens (including phenoxy) is 1. The highest BCUT2D eigenvalue weighted by Gasteiger charge is 2.27. The average Bonchev–Trinajstić information content (AvgIpc) is 3.22. The fraction of sp³-hybridized carbons (Fsp3) is 0.500. The van der Waals surface area contributed by atoms with Gasteiger partial charge in [0, 0.05) is 64.0 Å². The van der Waals surface area contributed by atoms with Crippen molar-refractivity contribution < 1.29 is 22.7 Å². The quantitative estimate of drug-likeness (QED) is 0.661. The van der Waals surface area contributed by atoms with E-state index >= 15 is 0 Å². The van der Waals surface area contributed by atoms with Crippen LogP contribution in [0.3, 0.4) is 0 Å². The van der Waals surface area contributed by atoms with Crippen molar-refractivity contribution in [1.82, 2.24) is 19.4 Å². The van der Waals surface area contributed by atoms with E-state index in [0.717, 1.165) is 17.8 Å². The van der Waals surface area contributed by atoms with Crippen LogP contribution >= 0.6 is 0 Å². The zero-order valence-electron chi connectivity index (χ0n) is 16.6. The van der Waals surface area contributed by atoms with E-state index in [9.17, 15) is 18.0 Å². The van der Waals surface area contributed by atoms with E-state index in [1.807, 2.05) is 35.0 Å². The van der Waals surface area contributed by atoms with Crippen LogP contribution in [0.1, 0.15) is 12.0 Å². The van der Waals surface area contributed by atoms with Gasteiger partial charge in [-0.3, -0.25) is 4.90 Å². The Balaban J connectivity index is 1.34. The second-order valence-corrected chi connectivity index (χ2v) is 7.21. The second-order valence-electron chi connectivity index (χ2n) is 7.21. The molecule has 0 aliphatic carbocycles. The molecule has 2 amide bonds. The molecule has 0 spiro atoms. The Hall–Kier alpha value is -2.59. The Morgan fingerprint density at radius 3 is 2.50 bits per heavy atom. The molecular formula is C20H26F3N5O2. The van der Waals surface area contributed by atoms with Crippen LogP contribution in [0.5, 0.6) is 0 Å². The van der Waals surface area contributed by atoms with Gasteiger partial charge in [0.2, 0.25) is 0 Å². The van der Waals surface area contributed by atoms with Gasteiger partial charge in [-0.15, -0.1) is 0 Å². The average molecular weight is 425 g/mol. The summed E-state index contributed by atoms with van der Waals surface area (Å²) in [6.45, 7) is 2.79. The molecule has 1 aromatic heterocycles. The predicted molar refractivity (Wildman–Crippen MR) is 106 cm³/mol. The van der Waals surface area contributed by atoms with Crippen molar-refractivity contribution in [3.63, 3.8) is 0 Å². The van der Waals surface area contributed by atoms with Crippen molar-refractivity contribution >= 4 is 11.7 Å². The van der Waals surface area contributed by atoms with Gasteiger partial charge in [0.25, 0.3) is 0 Å². The highest BCUT2D eigenvalue weighted by molar-refractivity contribution is 5.89. The summed E-state index contributed by atoms with van der Waals surface area (Å²) >= 11 is 0. The lowest BCUT2D eigenvalue weighted by Crippen LogP contribution is -2.50. The van der Waals surface area contributed by atoms with E-state index in [4.69, 9.17) is 0 Å². The molecule has 3 rings (SSSR count). The van der Waals surface area contributed by atoms with Gasteiger partial charge in [-0.1, -0.05) is 12.1 Å². The van der Waals surface area contributed by atoms with E-state index in [0.29, 0.717) is 39.1 Å². The molecule has 2 aromatic rings. The zero-order valence-corrected chi connectivity index (χ0v) is 16.6. The molecule has 0 atom stereocenters. The molecule has 164 valence electrons. The minimum atomic E-state index is -4.28. The third-order valence-corrected chi connectivity index (χ3v) is 4.82. The van der Waals surface area contributed by atoms with Crippen molar-refractivity contribution in [2.75, 3.05) is 51.3 Å². The van der Waals surface area contributed by atoms with Crippen LogP contribution < -0.4 is 5.32 Å². The smallest absolute Gasteiger partial charge is 0.372 e. The van der Waals surface area contributed by atoms with Gasteiger partial charge in [-0.25, -0.2) is 9.78 Å². The number of rotatable bonds is 8.